The zero-order chi connectivity index (χ0) is 15.1. The molecular weight excluding hydrogens is 262 g/mol. The fourth-order valence-corrected chi connectivity index (χ4v) is 2.25. The van der Waals surface area contributed by atoms with Crippen molar-refractivity contribution in [3.8, 4) is 0 Å². The van der Waals surface area contributed by atoms with Gasteiger partial charge in [-0.15, -0.1) is 0 Å². The Morgan fingerprint density at radius 2 is 1.86 bits per heavy atom. The van der Waals surface area contributed by atoms with E-state index in [1.54, 1.807) is 0 Å². The Labute approximate surface area is 125 Å². The van der Waals surface area contributed by atoms with E-state index in [4.69, 9.17) is 10.9 Å². The van der Waals surface area contributed by atoms with Crippen molar-refractivity contribution in [2.24, 2.45) is 10.9 Å². The monoisotopic (exact) mass is 283 g/mol. The van der Waals surface area contributed by atoms with Gasteiger partial charge in [-0.25, -0.2) is 0 Å². The van der Waals surface area contributed by atoms with E-state index < -0.39 is 0 Å². The van der Waals surface area contributed by atoms with Gasteiger partial charge in [-0.05, 0) is 29.7 Å². The predicted octanol–water partition coefficient (Wildman–Crippen LogP) is 3.35. The highest BCUT2D eigenvalue weighted by Crippen LogP contribution is 2.14. The fraction of sp³-hybridized carbons (Fsp3) is 0.235. The summed E-state index contributed by atoms with van der Waals surface area (Å²) >= 11 is 0. The predicted molar refractivity (Wildman–Crippen MR) is 86.7 cm³/mol. The molecule has 0 spiro atoms. The van der Waals surface area contributed by atoms with Crippen LogP contribution in [0.4, 0.5) is 5.69 Å². The Bertz CT molecular complexity index is 606. The molecule has 2 aromatic carbocycles. The third-order valence-corrected chi connectivity index (χ3v) is 3.38. The van der Waals surface area contributed by atoms with Gasteiger partial charge in [0.15, 0.2) is 5.84 Å². The average molecular weight is 283 g/mol. The number of benzene rings is 2. The third-order valence-electron chi connectivity index (χ3n) is 3.38. The summed E-state index contributed by atoms with van der Waals surface area (Å²) in [5.41, 5.74) is 9.83. The lowest BCUT2D eigenvalue weighted by Crippen LogP contribution is -2.16. The largest absolute Gasteiger partial charge is 0.409 e. The number of anilines is 1. The molecule has 0 unspecified atom stereocenters. The number of oxime groups is 1. The van der Waals surface area contributed by atoms with Crippen LogP contribution in [0.5, 0.6) is 0 Å². The van der Waals surface area contributed by atoms with Gasteiger partial charge in [-0.3, -0.25) is 0 Å². The summed E-state index contributed by atoms with van der Waals surface area (Å²) in [6.45, 7) is 2.80. The van der Waals surface area contributed by atoms with Gasteiger partial charge >= 0.3 is 0 Å². The summed E-state index contributed by atoms with van der Waals surface area (Å²) in [4.78, 5) is 0. The molecule has 0 aliphatic rings. The van der Waals surface area contributed by atoms with Crippen LogP contribution in [0.1, 0.15) is 30.0 Å². The molecule has 2 rings (SSSR count). The second-order valence-electron chi connectivity index (χ2n) is 4.94. The Balaban J connectivity index is 2.06. The maximum Gasteiger partial charge on any atom is 0.170 e. The lowest BCUT2D eigenvalue weighted by Gasteiger charge is -2.11. The van der Waals surface area contributed by atoms with E-state index in [0.717, 1.165) is 29.7 Å². The van der Waals surface area contributed by atoms with Crippen molar-refractivity contribution < 1.29 is 5.21 Å². The van der Waals surface area contributed by atoms with E-state index in [2.05, 4.69) is 41.7 Å². The first-order valence-electron chi connectivity index (χ1n) is 7.13. The molecule has 2 aromatic rings. The molecule has 4 nitrogen and oxygen atoms in total. The maximum atomic E-state index is 8.82. The van der Waals surface area contributed by atoms with Crippen LogP contribution in [0.2, 0.25) is 0 Å². The molecule has 21 heavy (non-hydrogen) atoms. The average Bonchev–Trinajstić information content (AvgIpc) is 2.54. The molecule has 0 heterocycles. The number of nitrogens with two attached hydrogens (primary N) is 1. The quantitative estimate of drug-likeness (QED) is 0.329. The van der Waals surface area contributed by atoms with Crippen molar-refractivity contribution in [2.45, 2.75) is 26.3 Å². The van der Waals surface area contributed by atoms with Gasteiger partial charge in [-0.1, -0.05) is 54.9 Å². The van der Waals surface area contributed by atoms with Gasteiger partial charge in [0.25, 0.3) is 0 Å². The molecule has 0 fully saturated rings. The van der Waals surface area contributed by atoms with E-state index in [0.29, 0.717) is 6.54 Å². The summed E-state index contributed by atoms with van der Waals surface area (Å²) in [5, 5.41) is 15.3. The number of aryl methyl sites for hydroxylation is 1. The van der Waals surface area contributed by atoms with Gasteiger partial charge in [0.05, 0.1) is 0 Å². The number of nitrogens with one attached hydrogen (secondary N) is 1. The van der Waals surface area contributed by atoms with Crippen molar-refractivity contribution in [1.82, 2.24) is 0 Å². The van der Waals surface area contributed by atoms with Crippen molar-refractivity contribution in [2.75, 3.05) is 5.32 Å². The molecule has 0 atom stereocenters. The van der Waals surface area contributed by atoms with E-state index in [9.17, 15) is 0 Å². The molecular formula is C17H21N3O. The summed E-state index contributed by atoms with van der Waals surface area (Å²) in [6.07, 6.45) is 2.26. The molecule has 110 valence electrons. The molecule has 0 radical (unpaired) electrons. The standard InChI is InChI=1S/C17H21N3O/c1-2-5-13-8-10-15(11-9-13)19-12-14-6-3-4-7-16(14)17(18)20-21/h3-4,6-11,19,21H,2,5,12H2,1H3,(H2,18,20). The van der Waals surface area contributed by atoms with E-state index >= 15 is 0 Å². The third kappa shape index (κ3) is 3.99. The SMILES string of the molecule is CCCc1ccc(NCc2ccccc2C(N)=NO)cc1. The zero-order valence-electron chi connectivity index (χ0n) is 12.2. The second-order valence-corrected chi connectivity index (χ2v) is 4.94. The first-order valence-corrected chi connectivity index (χ1v) is 7.13. The molecule has 0 bridgehead atoms. The number of nitrogens with zero attached hydrogens (tertiary/aromatic N) is 1. The van der Waals surface area contributed by atoms with Crippen LogP contribution < -0.4 is 11.1 Å². The Hall–Kier alpha value is -2.49. The number of hydrogen-bond donors (Lipinski definition) is 3. The van der Waals surface area contributed by atoms with Crippen LogP contribution in [-0.4, -0.2) is 11.0 Å². The van der Waals surface area contributed by atoms with Gasteiger partial charge in [-0.2, -0.15) is 0 Å². The van der Waals surface area contributed by atoms with Gasteiger partial charge in [0.1, 0.15) is 0 Å². The summed E-state index contributed by atoms with van der Waals surface area (Å²) < 4.78 is 0. The first-order chi connectivity index (χ1) is 10.2. The molecule has 0 saturated heterocycles. The highest BCUT2D eigenvalue weighted by molar-refractivity contribution is 5.98. The number of hydrogen-bond acceptors (Lipinski definition) is 3. The van der Waals surface area contributed by atoms with Crippen LogP contribution in [0.3, 0.4) is 0 Å². The first kappa shape index (κ1) is 14.9. The lowest BCUT2D eigenvalue weighted by atomic mass is 10.1. The topological polar surface area (TPSA) is 70.6 Å². The smallest absolute Gasteiger partial charge is 0.170 e. The van der Waals surface area contributed by atoms with Crippen molar-refractivity contribution in [3.63, 3.8) is 0 Å². The molecule has 0 amide bonds. The van der Waals surface area contributed by atoms with Crippen LogP contribution in [0.25, 0.3) is 0 Å². The minimum absolute atomic E-state index is 0.130. The van der Waals surface area contributed by atoms with Crippen LogP contribution in [0.15, 0.2) is 53.7 Å². The van der Waals surface area contributed by atoms with E-state index in [1.807, 2.05) is 24.3 Å². The minimum atomic E-state index is 0.130. The summed E-state index contributed by atoms with van der Waals surface area (Å²) in [5.74, 6) is 0.130. The Kier molecular flexibility index (Phi) is 5.21. The lowest BCUT2D eigenvalue weighted by molar-refractivity contribution is 0.318. The van der Waals surface area contributed by atoms with E-state index in [1.165, 1.54) is 5.56 Å². The minimum Gasteiger partial charge on any atom is -0.409 e. The molecule has 0 aromatic heterocycles. The highest BCUT2D eigenvalue weighted by atomic mass is 16.4. The summed E-state index contributed by atoms with van der Waals surface area (Å²) in [6, 6.07) is 16.1. The van der Waals surface area contributed by atoms with Gasteiger partial charge in [0, 0.05) is 17.8 Å². The maximum absolute atomic E-state index is 8.82. The van der Waals surface area contributed by atoms with E-state index in [-0.39, 0.29) is 5.84 Å². The Morgan fingerprint density at radius 3 is 2.52 bits per heavy atom. The normalized spacial score (nSPS) is 11.4. The fourth-order valence-electron chi connectivity index (χ4n) is 2.25. The Morgan fingerprint density at radius 1 is 1.14 bits per heavy atom. The van der Waals surface area contributed by atoms with Gasteiger partial charge < -0.3 is 16.3 Å². The van der Waals surface area contributed by atoms with Crippen molar-refractivity contribution in [1.29, 1.82) is 0 Å². The second kappa shape index (κ2) is 7.33. The number of amidine groups is 1. The highest BCUT2D eigenvalue weighted by Gasteiger charge is 2.05. The number of rotatable bonds is 6. The van der Waals surface area contributed by atoms with Crippen molar-refractivity contribution >= 4 is 11.5 Å². The molecule has 4 heteroatoms. The van der Waals surface area contributed by atoms with Crippen LogP contribution in [-0.2, 0) is 13.0 Å². The van der Waals surface area contributed by atoms with Crippen LogP contribution in [0, 0.1) is 0 Å². The van der Waals surface area contributed by atoms with Gasteiger partial charge in [0.2, 0.25) is 0 Å². The summed E-state index contributed by atoms with van der Waals surface area (Å²) in [7, 11) is 0. The molecule has 0 aliphatic carbocycles. The zero-order valence-corrected chi connectivity index (χ0v) is 12.2. The molecule has 0 aliphatic heterocycles. The van der Waals surface area contributed by atoms with Crippen molar-refractivity contribution in [3.05, 3.63) is 65.2 Å². The molecule has 4 N–H and O–H groups in total. The molecule has 0 saturated carbocycles. The van der Waals surface area contributed by atoms with Crippen LogP contribution >= 0.6 is 0 Å².